The normalized spacial score (nSPS) is 43.9. The first-order valence-corrected chi connectivity index (χ1v) is 9.41. The minimum absolute atomic E-state index is 0.0597. The van der Waals surface area contributed by atoms with Crippen molar-refractivity contribution in [1.29, 1.82) is 0 Å². The van der Waals surface area contributed by atoms with E-state index in [0.717, 1.165) is 0 Å². The second-order valence-electron chi connectivity index (χ2n) is 7.84. The number of allylic oxidation sites excluding steroid dienone is 2. The van der Waals surface area contributed by atoms with E-state index in [1.165, 1.54) is 27.4 Å². The lowest BCUT2D eigenvalue weighted by molar-refractivity contribution is -0.148. The number of ether oxygens (including phenoxy) is 3. The Bertz CT molecular complexity index is 793. The highest BCUT2D eigenvalue weighted by Crippen LogP contribution is 2.74. The summed E-state index contributed by atoms with van der Waals surface area (Å²) in [5.74, 6) is 0.236. The van der Waals surface area contributed by atoms with E-state index in [1.807, 2.05) is 7.05 Å². The van der Waals surface area contributed by atoms with E-state index in [9.17, 15) is 14.7 Å². The van der Waals surface area contributed by atoms with E-state index in [0.29, 0.717) is 25.1 Å². The SMILES string of the molecule is COC1=CC(=O)C2([C@@H]([36Cl])C[C@@]34C(OC)=C(OC)C(=O)C[C@@]23CCN4C)[C@H]1O. The average Bonchev–Trinajstić information content (AvgIpc) is 3.15. The molecule has 0 amide bonds. The van der Waals surface area contributed by atoms with Crippen molar-refractivity contribution in [2.75, 3.05) is 34.9 Å². The number of likely N-dealkylation sites (N-methyl/N-ethyl adjacent to an activating group) is 1. The number of halogens is 1. The molecule has 0 bridgehead atoms. The van der Waals surface area contributed by atoms with Gasteiger partial charge in [-0.25, -0.2) is 0 Å². The van der Waals surface area contributed by atoms with Crippen LogP contribution in [0.25, 0.3) is 0 Å². The summed E-state index contributed by atoms with van der Waals surface area (Å²) in [5, 5.41) is 10.5. The van der Waals surface area contributed by atoms with Crippen LogP contribution in [-0.4, -0.2) is 73.5 Å². The van der Waals surface area contributed by atoms with Crippen molar-refractivity contribution in [1.82, 2.24) is 4.90 Å². The maximum atomic E-state index is 13.3. The predicted molar refractivity (Wildman–Crippen MR) is 95.9 cm³/mol. The third-order valence-corrected chi connectivity index (χ3v) is 7.90. The molecule has 1 unspecified atom stereocenters. The quantitative estimate of drug-likeness (QED) is 0.710. The van der Waals surface area contributed by atoms with Crippen molar-refractivity contribution in [3.8, 4) is 0 Å². The van der Waals surface area contributed by atoms with Crippen molar-refractivity contribution in [3.63, 3.8) is 0 Å². The van der Waals surface area contributed by atoms with Gasteiger partial charge in [-0.05, 0) is 26.4 Å². The Morgan fingerprint density at radius 1 is 1.22 bits per heavy atom. The molecule has 1 saturated heterocycles. The number of Topliss-reactive ketones (excluding diaryl/α,β-unsaturated/α-hetero) is 1. The Hall–Kier alpha value is -1.57. The van der Waals surface area contributed by atoms with Crippen molar-refractivity contribution in [2.24, 2.45) is 10.8 Å². The van der Waals surface area contributed by atoms with Gasteiger partial charge >= 0.3 is 0 Å². The summed E-state index contributed by atoms with van der Waals surface area (Å²) in [4.78, 5) is 28.4. The van der Waals surface area contributed by atoms with Gasteiger partial charge in [0.05, 0.1) is 37.7 Å². The third kappa shape index (κ3) is 1.72. The molecule has 2 fully saturated rings. The van der Waals surface area contributed by atoms with Crippen molar-refractivity contribution >= 4 is 23.2 Å². The highest BCUT2D eigenvalue weighted by atomic mass is 36.0. The molecule has 7 nitrogen and oxygen atoms in total. The molecule has 0 aromatic heterocycles. The zero-order chi connectivity index (χ0) is 19.8. The van der Waals surface area contributed by atoms with Crippen molar-refractivity contribution in [3.05, 3.63) is 23.4 Å². The van der Waals surface area contributed by atoms with E-state index >= 15 is 0 Å². The summed E-state index contributed by atoms with van der Waals surface area (Å²) >= 11 is 6.85. The van der Waals surface area contributed by atoms with Gasteiger partial charge in [0.25, 0.3) is 0 Å². The highest BCUT2D eigenvalue weighted by Gasteiger charge is 2.83. The average molecular weight is 398 g/mol. The van der Waals surface area contributed by atoms with Crippen LogP contribution >= 0.6 is 11.6 Å². The van der Waals surface area contributed by atoms with Gasteiger partial charge in [-0.15, -0.1) is 11.6 Å². The number of carbonyl (C=O) groups excluding carboxylic acids is 2. The fourth-order valence-corrected chi connectivity index (χ4v) is 7.08. The van der Waals surface area contributed by atoms with Crippen LogP contribution in [0.4, 0.5) is 0 Å². The summed E-state index contributed by atoms with van der Waals surface area (Å²) in [7, 11) is 6.29. The van der Waals surface area contributed by atoms with Crippen LogP contribution in [0.15, 0.2) is 23.4 Å². The third-order valence-electron chi connectivity index (χ3n) is 7.40. The lowest BCUT2D eigenvalue weighted by atomic mass is 9.52. The smallest absolute Gasteiger partial charge is 0.201 e. The Morgan fingerprint density at radius 2 is 1.93 bits per heavy atom. The molecular weight excluding hydrogens is 374 g/mol. The van der Waals surface area contributed by atoms with E-state index in [1.54, 1.807) is 0 Å². The van der Waals surface area contributed by atoms with Gasteiger partial charge in [0.15, 0.2) is 11.5 Å². The number of hydrogen-bond acceptors (Lipinski definition) is 7. The van der Waals surface area contributed by atoms with Gasteiger partial charge in [-0.2, -0.15) is 0 Å². The molecule has 0 aromatic rings. The molecule has 148 valence electrons. The second-order valence-corrected chi connectivity index (χ2v) is 8.37. The molecular formula is C19H24ClNO6. The van der Waals surface area contributed by atoms with Crippen LogP contribution in [0.5, 0.6) is 0 Å². The second kappa shape index (κ2) is 5.72. The number of aliphatic hydroxyl groups excluding tert-OH is 1. The zero-order valence-corrected chi connectivity index (χ0v) is 16.6. The lowest BCUT2D eigenvalue weighted by Crippen LogP contribution is -2.63. The maximum Gasteiger partial charge on any atom is 0.201 e. The number of ketones is 2. The molecule has 1 aliphatic heterocycles. The molecule has 1 spiro atoms. The first-order chi connectivity index (χ1) is 12.8. The molecule has 3 aliphatic carbocycles. The van der Waals surface area contributed by atoms with Gasteiger partial charge in [0.1, 0.15) is 11.9 Å². The molecule has 5 atom stereocenters. The van der Waals surface area contributed by atoms with Crippen molar-refractivity contribution < 1.29 is 28.9 Å². The summed E-state index contributed by atoms with van der Waals surface area (Å²) in [6, 6.07) is 0. The number of nitrogens with zero attached hydrogens (tertiary/aromatic N) is 1. The van der Waals surface area contributed by atoms with Gasteiger partial charge < -0.3 is 19.3 Å². The van der Waals surface area contributed by atoms with Gasteiger partial charge in [-0.1, -0.05) is 0 Å². The number of rotatable bonds is 3. The van der Waals surface area contributed by atoms with Crippen LogP contribution in [0.1, 0.15) is 19.3 Å². The standard InChI is InChI=1S/C19H24ClNO6/c1-21-6-5-17-8-10(22)14(26-3)16(27-4)18(17,21)9-12(20)19(17)13(23)7-11(25-2)15(19)24/h7,12,15,24H,5-6,8-9H2,1-4H3/t12-,15-,17+,18+,19?/m0/s1/i20+1. The fourth-order valence-electron chi connectivity index (χ4n) is 6.42. The molecule has 0 aromatic carbocycles. The first kappa shape index (κ1) is 18.8. The monoisotopic (exact) mass is 398 g/mol. The minimum Gasteiger partial charge on any atom is -0.498 e. The Balaban J connectivity index is 2.04. The molecule has 1 saturated carbocycles. The number of likely N-dealkylation sites (tertiary alicyclic amines) is 1. The van der Waals surface area contributed by atoms with E-state index in [2.05, 4.69) is 4.90 Å². The topological polar surface area (TPSA) is 85.3 Å². The summed E-state index contributed by atoms with van der Waals surface area (Å²) in [6.45, 7) is 0.644. The van der Waals surface area contributed by atoms with Crippen LogP contribution in [0, 0.1) is 10.8 Å². The van der Waals surface area contributed by atoms with Crippen LogP contribution in [0.3, 0.4) is 0 Å². The number of alkyl halides is 1. The minimum atomic E-state index is -1.34. The van der Waals surface area contributed by atoms with E-state index in [4.69, 9.17) is 25.8 Å². The van der Waals surface area contributed by atoms with Crippen LogP contribution < -0.4 is 0 Å². The van der Waals surface area contributed by atoms with Gasteiger partial charge in [-0.3, -0.25) is 14.5 Å². The molecule has 1 N–H and O–H groups in total. The number of hydrogen-bond donors (Lipinski definition) is 1. The van der Waals surface area contributed by atoms with E-state index < -0.39 is 27.8 Å². The summed E-state index contributed by atoms with van der Waals surface area (Å²) < 4.78 is 16.4. The molecule has 27 heavy (non-hydrogen) atoms. The molecule has 8 heteroatoms. The first-order valence-electron chi connectivity index (χ1n) is 8.97. The Morgan fingerprint density at radius 3 is 2.48 bits per heavy atom. The highest BCUT2D eigenvalue weighted by molar-refractivity contribution is 6.25. The Kier molecular flexibility index (Phi) is 3.98. The maximum absolute atomic E-state index is 13.3. The number of aliphatic hydroxyl groups is 1. The number of methoxy groups -OCH3 is 3. The molecule has 0 radical (unpaired) electrons. The largest absolute Gasteiger partial charge is 0.498 e. The molecule has 4 aliphatic rings. The Labute approximate surface area is 162 Å². The lowest BCUT2D eigenvalue weighted by Gasteiger charge is -2.53. The number of carbonyl (C=O) groups is 2. The van der Waals surface area contributed by atoms with Crippen LogP contribution in [-0.2, 0) is 23.8 Å². The molecule has 4 rings (SSSR count). The van der Waals surface area contributed by atoms with E-state index in [-0.39, 0.29) is 29.5 Å². The van der Waals surface area contributed by atoms with Crippen molar-refractivity contribution in [2.45, 2.75) is 36.3 Å². The summed E-state index contributed by atoms with van der Waals surface area (Å²) in [6.07, 6.45) is 1.08. The predicted octanol–water partition coefficient (Wildman–Crippen LogP) is 0.996. The van der Waals surface area contributed by atoms with Gasteiger partial charge in [0, 0.05) is 17.9 Å². The van der Waals surface area contributed by atoms with Gasteiger partial charge in [0.2, 0.25) is 11.5 Å². The molecule has 1 heterocycles. The zero-order valence-electron chi connectivity index (χ0n) is 15.9. The summed E-state index contributed by atoms with van der Waals surface area (Å²) in [5.41, 5.74) is -3.05. The van der Waals surface area contributed by atoms with Crippen LogP contribution in [0.2, 0.25) is 0 Å². The fraction of sp³-hybridized carbons (Fsp3) is 0.684.